The Balaban J connectivity index is 2.90. The Bertz CT molecular complexity index is 327. The van der Waals surface area contributed by atoms with Gasteiger partial charge in [0.15, 0.2) is 5.78 Å². The van der Waals surface area contributed by atoms with Crippen LogP contribution < -0.4 is 0 Å². The van der Waals surface area contributed by atoms with Crippen LogP contribution in [0.5, 0.6) is 0 Å². The molecule has 1 nitrogen and oxygen atoms in total. The van der Waals surface area contributed by atoms with Crippen LogP contribution in [0.1, 0.15) is 16.8 Å². The van der Waals surface area contributed by atoms with Gasteiger partial charge in [0.05, 0.1) is 4.47 Å². The van der Waals surface area contributed by atoms with E-state index in [2.05, 4.69) is 15.9 Å². The van der Waals surface area contributed by atoms with Gasteiger partial charge in [0.1, 0.15) is 5.82 Å². The van der Waals surface area contributed by atoms with E-state index in [-0.39, 0.29) is 18.1 Å². The van der Waals surface area contributed by atoms with Crippen LogP contribution in [0.3, 0.4) is 0 Å². The van der Waals surface area contributed by atoms with Crippen molar-refractivity contribution in [1.29, 1.82) is 0 Å². The predicted octanol–water partition coefficient (Wildman–Crippen LogP) is 3.40. The van der Waals surface area contributed by atoms with Gasteiger partial charge in [-0.15, -0.1) is 11.6 Å². The quantitative estimate of drug-likeness (QED) is 0.605. The van der Waals surface area contributed by atoms with Crippen LogP contribution in [-0.2, 0) is 0 Å². The highest BCUT2D eigenvalue weighted by molar-refractivity contribution is 9.10. The van der Waals surface area contributed by atoms with Crippen molar-refractivity contribution in [2.75, 3.05) is 5.88 Å². The van der Waals surface area contributed by atoms with E-state index >= 15 is 0 Å². The van der Waals surface area contributed by atoms with Crippen LogP contribution in [0.2, 0.25) is 0 Å². The lowest BCUT2D eigenvalue weighted by atomic mass is 10.1. The molecule has 0 fully saturated rings. The molecule has 0 bridgehead atoms. The van der Waals surface area contributed by atoms with Crippen LogP contribution in [-0.4, -0.2) is 11.7 Å². The van der Waals surface area contributed by atoms with Crippen LogP contribution in [0.25, 0.3) is 0 Å². The third-order valence-corrected chi connectivity index (χ3v) is 2.40. The van der Waals surface area contributed by atoms with Crippen LogP contribution in [0.4, 0.5) is 4.39 Å². The zero-order chi connectivity index (χ0) is 9.84. The Kier molecular flexibility index (Phi) is 3.88. The maximum absolute atomic E-state index is 12.9. The Morgan fingerprint density at radius 3 is 2.77 bits per heavy atom. The summed E-state index contributed by atoms with van der Waals surface area (Å²) in [4.78, 5) is 11.2. The minimum Gasteiger partial charge on any atom is -0.294 e. The van der Waals surface area contributed by atoms with Gasteiger partial charge in [-0.2, -0.15) is 0 Å². The van der Waals surface area contributed by atoms with Gasteiger partial charge in [0.2, 0.25) is 0 Å². The number of alkyl halides is 1. The molecule has 0 atom stereocenters. The third-order valence-electron chi connectivity index (χ3n) is 1.56. The molecule has 1 aromatic carbocycles. The molecule has 0 aliphatic carbocycles. The summed E-state index contributed by atoms with van der Waals surface area (Å²) in [5.41, 5.74) is 0.362. The number of hydrogen-bond donors (Lipinski definition) is 0. The standard InChI is InChI=1S/C9H7BrClFO/c10-7-2-1-6(5-8(7)12)9(13)3-4-11/h1-2,5H,3-4H2. The minimum atomic E-state index is -0.430. The Labute approximate surface area is 89.0 Å². The summed E-state index contributed by atoms with van der Waals surface area (Å²) in [7, 11) is 0. The minimum absolute atomic E-state index is 0.138. The van der Waals surface area contributed by atoms with Gasteiger partial charge in [-0.25, -0.2) is 4.39 Å². The fourth-order valence-electron chi connectivity index (χ4n) is 0.900. The maximum Gasteiger partial charge on any atom is 0.164 e. The van der Waals surface area contributed by atoms with Gasteiger partial charge in [-0.3, -0.25) is 4.79 Å². The van der Waals surface area contributed by atoms with Crippen molar-refractivity contribution in [2.24, 2.45) is 0 Å². The number of carbonyl (C=O) groups is 1. The van der Waals surface area contributed by atoms with E-state index in [1.54, 1.807) is 6.07 Å². The first kappa shape index (κ1) is 10.7. The molecule has 0 amide bonds. The molecule has 0 N–H and O–H groups in total. The van der Waals surface area contributed by atoms with Gasteiger partial charge in [-0.05, 0) is 28.1 Å². The Morgan fingerprint density at radius 1 is 1.54 bits per heavy atom. The van der Waals surface area contributed by atoms with Crippen LogP contribution in [0, 0.1) is 5.82 Å². The molecule has 0 aromatic heterocycles. The smallest absolute Gasteiger partial charge is 0.164 e. The van der Waals surface area contributed by atoms with Crippen molar-refractivity contribution in [3.63, 3.8) is 0 Å². The first-order chi connectivity index (χ1) is 6.15. The number of Topliss-reactive ketones (excluding diaryl/α,β-unsaturated/α-hetero) is 1. The summed E-state index contributed by atoms with van der Waals surface area (Å²) in [6.07, 6.45) is 0.239. The Morgan fingerprint density at radius 2 is 2.23 bits per heavy atom. The molecule has 0 aliphatic rings. The van der Waals surface area contributed by atoms with E-state index in [0.717, 1.165) is 0 Å². The molecule has 0 spiro atoms. The largest absolute Gasteiger partial charge is 0.294 e. The van der Waals surface area contributed by atoms with Gasteiger partial charge in [-0.1, -0.05) is 6.07 Å². The second-order valence-electron chi connectivity index (χ2n) is 2.49. The molecule has 1 aromatic rings. The second kappa shape index (κ2) is 4.72. The Hall–Kier alpha value is -0.410. The molecule has 0 saturated heterocycles. The normalized spacial score (nSPS) is 10.1. The molecule has 0 heterocycles. The van der Waals surface area contributed by atoms with Gasteiger partial charge in [0, 0.05) is 17.9 Å². The third kappa shape index (κ3) is 2.78. The van der Waals surface area contributed by atoms with Gasteiger partial charge < -0.3 is 0 Å². The van der Waals surface area contributed by atoms with E-state index < -0.39 is 5.82 Å². The van der Waals surface area contributed by atoms with Gasteiger partial charge in [0.25, 0.3) is 0 Å². The highest BCUT2D eigenvalue weighted by Gasteiger charge is 2.07. The molecular formula is C9H7BrClFO. The molecular weight excluding hydrogens is 258 g/mol. The number of benzene rings is 1. The van der Waals surface area contributed by atoms with Gasteiger partial charge >= 0.3 is 0 Å². The lowest BCUT2D eigenvalue weighted by molar-refractivity contribution is 0.0989. The highest BCUT2D eigenvalue weighted by Crippen LogP contribution is 2.17. The molecule has 0 saturated carbocycles. The number of hydrogen-bond acceptors (Lipinski definition) is 1. The van der Waals surface area contributed by atoms with Crippen molar-refractivity contribution in [3.05, 3.63) is 34.1 Å². The molecule has 0 aliphatic heterocycles. The predicted molar refractivity (Wildman–Crippen MR) is 53.8 cm³/mol. The zero-order valence-corrected chi connectivity index (χ0v) is 9.03. The fourth-order valence-corrected chi connectivity index (χ4v) is 1.32. The topological polar surface area (TPSA) is 17.1 Å². The summed E-state index contributed by atoms with van der Waals surface area (Å²) < 4.78 is 13.3. The summed E-state index contributed by atoms with van der Waals surface area (Å²) in [5.74, 6) is -0.307. The fraction of sp³-hybridized carbons (Fsp3) is 0.222. The molecule has 70 valence electrons. The zero-order valence-electron chi connectivity index (χ0n) is 6.69. The van der Waals surface area contributed by atoms with E-state index in [0.29, 0.717) is 10.0 Å². The van der Waals surface area contributed by atoms with Crippen molar-refractivity contribution in [3.8, 4) is 0 Å². The van der Waals surface area contributed by atoms with Crippen molar-refractivity contribution >= 4 is 33.3 Å². The SMILES string of the molecule is O=C(CCCl)c1ccc(Br)c(F)c1. The summed E-state index contributed by atoms with van der Waals surface area (Å²) >= 11 is 8.40. The first-order valence-electron chi connectivity index (χ1n) is 3.69. The van der Waals surface area contributed by atoms with E-state index in [1.807, 2.05) is 0 Å². The first-order valence-corrected chi connectivity index (χ1v) is 5.02. The number of ketones is 1. The molecule has 0 radical (unpaired) electrons. The van der Waals surface area contributed by atoms with Crippen molar-refractivity contribution < 1.29 is 9.18 Å². The van der Waals surface area contributed by atoms with E-state index in [4.69, 9.17) is 11.6 Å². The monoisotopic (exact) mass is 264 g/mol. The summed E-state index contributed by atoms with van der Waals surface area (Å²) in [5, 5.41) is 0. The van der Waals surface area contributed by atoms with Crippen LogP contribution >= 0.6 is 27.5 Å². The number of carbonyl (C=O) groups excluding carboxylic acids is 1. The second-order valence-corrected chi connectivity index (χ2v) is 3.72. The molecule has 0 unspecified atom stereocenters. The van der Waals surface area contributed by atoms with Crippen LogP contribution in [0.15, 0.2) is 22.7 Å². The van der Waals surface area contributed by atoms with E-state index in [9.17, 15) is 9.18 Å². The summed E-state index contributed by atoms with van der Waals surface area (Å²) in [6.45, 7) is 0. The van der Waals surface area contributed by atoms with Crippen molar-refractivity contribution in [1.82, 2.24) is 0 Å². The molecule has 4 heteroatoms. The molecule has 13 heavy (non-hydrogen) atoms. The number of rotatable bonds is 3. The number of halogens is 3. The average molecular weight is 266 g/mol. The maximum atomic E-state index is 12.9. The highest BCUT2D eigenvalue weighted by atomic mass is 79.9. The van der Waals surface area contributed by atoms with E-state index in [1.165, 1.54) is 12.1 Å². The summed E-state index contributed by atoms with van der Waals surface area (Å²) in [6, 6.07) is 4.29. The van der Waals surface area contributed by atoms with Crippen molar-refractivity contribution in [2.45, 2.75) is 6.42 Å². The molecule has 1 rings (SSSR count). The lowest BCUT2D eigenvalue weighted by Crippen LogP contribution is -2.00. The lowest BCUT2D eigenvalue weighted by Gasteiger charge is -1.99. The average Bonchev–Trinajstić information content (AvgIpc) is 2.10.